The largest absolute Gasteiger partial charge is 0.326 e. The fourth-order valence-electron chi connectivity index (χ4n) is 2.71. The lowest BCUT2D eigenvalue weighted by Crippen LogP contribution is -2.01. The van der Waals surface area contributed by atoms with Gasteiger partial charge >= 0.3 is 0 Å². The van der Waals surface area contributed by atoms with Gasteiger partial charge in [-0.25, -0.2) is 0 Å². The fourth-order valence-corrected chi connectivity index (χ4v) is 2.71. The van der Waals surface area contributed by atoms with Gasteiger partial charge in [0.25, 0.3) is 0 Å². The van der Waals surface area contributed by atoms with Crippen LogP contribution in [0.15, 0.2) is 60.2 Å². The van der Waals surface area contributed by atoms with Crippen LogP contribution in [-0.4, -0.2) is 6.54 Å². The van der Waals surface area contributed by atoms with Crippen LogP contribution in [0.25, 0.3) is 17.2 Å². The lowest BCUT2D eigenvalue weighted by Gasteiger charge is -2.03. The first kappa shape index (κ1) is 11.9. The standard InChI is InChI=1S/C18H17N/c1-13-17(11-14-7-3-2-4-8-14)15-9-5-6-10-16(15)18(13)12-19/h2-11H,12,19H2,1H3/b17-11-. The van der Waals surface area contributed by atoms with Gasteiger partial charge in [-0.2, -0.15) is 0 Å². The van der Waals surface area contributed by atoms with Crippen molar-refractivity contribution < 1.29 is 0 Å². The zero-order valence-corrected chi connectivity index (χ0v) is 11.1. The van der Waals surface area contributed by atoms with Crippen molar-refractivity contribution in [2.45, 2.75) is 6.92 Å². The smallest absolute Gasteiger partial charge is 0.0187 e. The summed E-state index contributed by atoms with van der Waals surface area (Å²) in [6, 6.07) is 18.9. The second kappa shape index (κ2) is 4.87. The Hall–Kier alpha value is -2.12. The molecule has 2 aromatic carbocycles. The van der Waals surface area contributed by atoms with Gasteiger partial charge in [0.05, 0.1) is 0 Å². The Labute approximate surface area is 114 Å². The predicted octanol–water partition coefficient (Wildman–Crippen LogP) is 3.97. The Morgan fingerprint density at radius 3 is 2.21 bits per heavy atom. The van der Waals surface area contributed by atoms with E-state index in [1.807, 2.05) is 6.07 Å². The molecular weight excluding hydrogens is 230 g/mol. The van der Waals surface area contributed by atoms with Crippen molar-refractivity contribution in [1.82, 2.24) is 0 Å². The summed E-state index contributed by atoms with van der Waals surface area (Å²) in [5.41, 5.74) is 13.6. The first-order valence-corrected chi connectivity index (χ1v) is 6.58. The van der Waals surface area contributed by atoms with Crippen molar-refractivity contribution in [1.29, 1.82) is 0 Å². The van der Waals surface area contributed by atoms with E-state index in [-0.39, 0.29) is 0 Å². The zero-order chi connectivity index (χ0) is 13.2. The molecule has 1 aliphatic carbocycles. The number of hydrogen-bond acceptors (Lipinski definition) is 1. The number of allylic oxidation sites excluding steroid dienone is 2. The highest BCUT2D eigenvalue weighted by Gasteiger charge is 2.21. The topological polar surface area (TPSA) is 26.0 Å². The number of rotatable bonds is 2. The summed E-state index contributed by atoms with van der Waals surface area (Å²) < 4.78 is 0. The third-order valence-corrected chi connectivity index (χ3v) is 3.71. The third-order valence-electron chi connectivity index (χ3n) is 3.71. The molecule has 0 unspecified atom stereocenters. The van der Waals surface area contributed by atoms with Crippen molar-refractivity contribution in [3.63, 3.8) is 0 Å². The molecule has 2 N–H and O–H groups in total. The molecule has 0 spiro atoms. The average molecular weight is 247 g/mol. The van der Waals surface area contributed by atoms with Crippen LogP contribution in [0.2, 0.25) is 0 Å². The van der Waals surface area contributed by atoms with Crippen LogP contribution < -0.4 is 5.73 Å². The Bertz CT molecular complexity index is 663. The molecule has 0 radical (unpaired) electrons. The Kier molecular flexibility index (Phi) is 3.06. The van der Waals surface area contributed by atoms with Gasteiger partial charge < -0.3 is 5.73 Å². The summed E-state index contributed by atoms with van der Waals surface area (Å²) in [7, 11) is 0. The van der Waals surface area contributed by atoms with Crippen molar-refractivity contribution >= 4 is 17.2 Å². The molecule has 0 fully saturated rings. The molecule has 3 rings (SSSR count). The van der Waals surface area contributed by atoms with Gasteiger partial charge in [0, 0.05) is 6.54 Å². The first-order chi connectivity index (χ1) is 9.31. The molecule has 0 amide bonds. The van der Waals surface area contributed by atoms with Crippen LogP contribution in [0.5, 0.6) is 0 Å². The maximum absolute atomic E-state index is 5.91. The SMILES string of the molecule is CC1=C(CN)c2ccccc2/C1=C\c1ccccc1. The van der Waals surface area contributed by atoms with E-state index in [0.29, 0.717) is 6.54 Å². The quantitative estimate of drug-likeness (QED) is 0.853. The number of hydrogen-bond donors (Lipinski definition) is 1. The Morgan fingerprint density at radius 2 is 1.53 bits per heavy atom. The predicted molar refractivity (Wildman–Crippen MR) is 82.4 cm³/mol. The summed E-state index contributed by atoms with van der Waals surface area (Å²) >= 11 is 0. The summed E-state index contributed by atoms with van der Waals surface area (Å²) in [6.45, 7) is 2.76. The maximum atomic E-state index is 5.91. The maximum Gasteiger partial charge on any atom is 0.0187 e. The number of fused-ring (bicyclic) bond motifs is 1. The van der Waals surface area contributed by atoms with E-state index in [1.54, 1.807) is 0 Å². The van der Waals surface area contributed by atoms with E-state index in [4.69, 9.17) is 5.73 Å². The third kappa shape index (κ3) is 2.02. The van der Waals surface area contributed by atoms with Crippen LogP contribution in [0, 0.1) is 0 Å². The lowest BCUT2D eigenvalue weighted by molar-refractivity contribution is 1.26. The van der Waals surface area contributed by atoms with E-state index < -0.39 is 0 Å². The first-order valence-electron chi connectivity index (χ1n) is 6.58. The van der Waals surface area contributed by atoms with Crippen molar-refractivity contribution in [2.75, 3.05) is 6.54 Å². The molecule has 1 nitrogen and oxygen atoms in total. The van der Waals surface area contributed by atoms with E-state index in [2.05, 4.69) is 61.5 Å². The zero-order valence-electron chi connectivity index (χ0n) is 11.1. The molecule has 0 atom stereocenters. The minimum atomic E-state index is 0.592. The summed E-state index contributed by atoms with van der Waals surface area (Å²) in [5, 5.41) is 0. The van der Waals surface area contributed by atoms with Crippen molar-refractivity contribution in [3.05, 3.63) is 76.9 Å². The van der Waals surface area contributed by atoms with Gasteiger partial charge in [0.15, 0.2) is 0 Å². The van der Waals surface area contributed by atoms with Crippen LogP contribution in [0.3, 0.4) is 0 Å². The highest BCUT2D eigenvalue weighted by atomic mass is 14.5. The monoisotopic (exact) mass is 247 g/mol. The van der Waals surface area contributed by atoms with Crippen LogP contribution in [-0.2, 0) is 0 Å². The molecular formula is C18H17N. The van der Waals surface area contributed by atoms with Gasteiger partial charge in [0.1, 0.15) is 0 Å². The van der Waals surface area contributed by atoms with Crippen LogP contribution >= 0.6 is 0 Å². The molecule has 0 aromatic heterocycles. The Balaban J connectivity index is 2.17. The van der Waals surface area contributed by atoms with Crippen LogP contribution in [0.4, 0.5) is 0 Å². The summed E-state index contributed by atoms with van der Waals surface area (Å²) in [4.78, 5) is 0. The molecule has 94 valence electrons. The van der Waals surface area contributed by atoms with Gasteiger partial charge in [0.2, 0.25) is 0 Å². The summed E-state index contributed by atoms with van der Waals surface area (Å²) in [5.74, 6) is 0. The van der Waals surface area contributed by atoms with E-state index in [1.165, 1.54) is 33.4 Å². The molecule has 0 aliphatic heterocycles. The average Bonchev–Trinajstić information content (AvgIpc) is 2.73. The second-order valence-corrected chi connectivity index (χ2v) is 4.82. The molecule has 0 saturated heterocycles. The number of benzene rings is 2. The fraction of sp³-hybridized carbons (Fsp3) is 0.111. The van der Waals surface area contributed by atoms with Gasteiger partial charge in [-0.3, -0.25) is 0 Å². The summed E-state index contributed by atoms with van der Waals surface area (Å²) in [6.07, 6.45) is 2.25. The highest BCUT2D eigenvalue weighted by molar-refractivity contribution is 6.05. The molecule has 1 aliphatic rings. The normalized spacial score (nSPS) is 16.0. The molecule has 0 bridgehead atoms. The Morgan fingerprint density at radius 1 is 0.895 bits per heavy atom. The van der Waals surface area contributed by atoms with Gasteiger partial charge in [-0.15, -0.1) is 0 Å². The molecule has 2 aromatic rings. The minimum absolute atomic E-state index is 0.592. The molecule has 19 heavy (non-hydrogen) atoms. The van der Waals surface area contributed by atoms with Crippen molar-refractivity contribution in [3.8, 4) is 0 Å². The van der Waals surface area contributed by atoms with E-state index >= 15 is 0 Å². The van der Waals surface area contributed by atoms with E-state index in [0.717, 1.165) is 0 Å². The van der Waals surface area contributed by atoms with E-state index in [9.17, 15) is 0 Å². The van der Waals surface area contributed by atoms with Gasteiger partial charge in [-0.1, -0.05) is 54.6 Å². The molecule has 1 heteroatoms. The lowest BCUT2D eigenvalue weighted by atomic mass is 10.0. The minimum Gasteiger partial charge on any atom is -0.326 e. The number of nitrogens with two attached hydrogens (primary N) is 1. The highest BCUT2D eigenvalue weighted by Crippen LogP contribution is 2.41. The van der Waals surface area contributed by atoms with Gasteiger partial charge in [-0.05, 0) is 46.4 Å². The molecule has 0 saturated carbocycles. The van der Waals surface area contributed by atoms with Crippen LogP contribution in [0.1, 0.15) is 23.6 Å². The molecule has 0 heterocycles. The second-order valence-electron chi connectivity index (χ2n) is 4.82. The van der Waals surface area contributed by atoms with Crippen molar-refractivity contribution in [2.24, 2.45) is 5.73 Å².